The first kappa shape index (κ1) is 27.1. The number of hydrogen-bond donors (Lipinski definition) is 8. The third-order valence-corrected chi connectivity index (χ3v) is 4.33. The maximum Gasteiger partial charge on any atom is 0.326 e. The lowest BCUT2D eigenvalue weighted by atomic mass is 9.98. The van der Waals surface area contributed by atoms with Crippen LogP contribution in [0, 0.1) is 5.92 Å². The smallest absolute Gasteiger partial charge is 0.326 e. The molecule has 4 atom stereocenters. The van der Waals surface area contributed by atoms with Crippen LogP contribution in [0.5, 0.6) is 0 Å². The number of aliphatic imine (C=N–C) groups is 1. The van der Waals surface area contributed by atoms with Gasteiger partial charge >= 0.3 is 5.97 Å². The predicted octanol–water partition coefficient (Wildman–Crippen LogP) is -3.42. The van der Waals surface area contributed by atoms with Crippen LogP contribution in [-0.2, 0) is 19.2 Å². The molecule has 0 heterocycles. The summed E-state index contributed by atoms with van der Waals surface area (Å²) in [6.45, 7) is 2.70. The molecule has 0 fully saturated rings. The number of carboxylic acids is 1. The molecule has 13 nitrogen and oxygen atoms in total. The van der Waals surface area contributed by atoms with Gasteiger partial charge in [-0.05, 0) is 18.8 Å². The van der Waals surface area contributed by atoms with Crippen LogP contribution in [0.4, 0.5) is 0 Å². The number of aliphatic hydroxyl groups excluding tert-OH is 1. The molecule has 0 saturated carbocycles. The lowest BCUT2D eigenvalue weighted by Crippen LogP contribution is -2.56. The van der Waals surface area contributed by atoms with Gasteiger partial charge in [-0.3, -0.25) is 19.4 Å². The predicted molar refractivity (Wildman–Crippen MR) is 109 cm³/mol. The molecule has 0 aromatic heterocycles. The minimum absolute atomic E-state index is 0.0936. The van der Waals surface area contributed by atoms with E-state index in [9.17, 15) is 24.3 Å². The van der Waals surface area contributed by atoms with E-state index in [0.717, 1.165) is 0 Å². The first-order valence-corrected chi connectivity index (χ1v) is 9.55. The number of guanidine groups is 1. The van der Waals surface area contributed by atoms with Gasteiger partial charge in [-0.25, -0.2) is 4.79 Å². The minimum atomic E-state index is -1.23. The second kappa shape index (κ2) is 14.1. The third-order valence-electron chi connectivity index (χ3n) is 4.33. The van der Waals surface area contributed by atoms with Crippen molar-refractivity contribution in [2.75, 3.05) is 19.7 Å². The van der Waals surface area contributed by atoms with Crippen LogP contribution < -0.4 is 33.2 Å². The largest absolute Gasteiger partial charge is 0.480 e. The molecule has 0 spiro atoms. The molecule has 0 rings (SSSR count). The molecule has 0 bridgehead atoms. The van der Waals surface area contributed by atoms with Crippen molar-refractivity contribution in [2.45, 2.75) is 51.2 Å². The first-order valence-electron chi connectivity index (χ1n) is 9.55. The SMILES string of the molecule is CCC(C)C(NC(=O)C(N)CO)C(=O)NCC(=O)NC(CCCN=C(N)N)C(=O)O. The highest BCUT2D eigenvalue weighted by atomic mass is 16.4. The molecule has 11 N–H and O–H groups in total. The molecule has 3 amide bonds. The second-order valence-electron chi connectivity index (χ2n) is 6.79. The van der Waals surface area contributed by atoms with Gasteiger partial charge in [0.15, 0.2) is 5.96 Å². The fourth-order valence-corrected chi connectivity index (χ4v) is 2.33. The van der Waals surface area contributed by atoms with Crippen LogP contribution in [0.2, 0.25) is 0 Å². The van der Waals surface area contributed by atoms with Crippen molar-refractivity contribution in [1.82, 2.24) is 16.0 Å². The number of nitrogens with two attached hydrogens (primary N) is 3. The summed E-state index contributed by atoms with van der Waals surface area (Å²) in [6.07, 6.45) is 0.973. The fourth-order valence-electron chi connectivity index (χ4n) is 2.33. The lowest BCUT2D eigenvalue weighted by Gasteiger charge is -2.24. The van der Waals surface area contributed by atoms with Crippen molar-refractivity contribution in [1.29, 1.82) is 0 Å². The van der Waals surface area contributed by atoms with Crippen molar-refractivity contribution in [3.63, 3.8) is 0 Å². The molecule has 0 aliphatic rings. The highest BCUT2D eigenvalue weighted by Crippen LogP contribution is 2.08. The summed E-state index contributed by atoms with van der Waals surface area (Å²) in [4.78, 5) is 51.4. The number of aliphatic carboxylic acids is 1. The van der Waals surface area contributed by atoms with Gasteiger partial charge in [0.05, 0.1) is 13.2 Å². The number of aliphatic hydroxyl groups is 1. The van der Waals surface area contributed by atoms with Gasteiger partial charge in [0, 0.05) is 6.54 Å². The number of nitrogens with one attached hydrogen (secondary N) is 3. The summed E-state index contributed by atoms with van der Waals surface area (Å²) in [7, 11) is 0. The zero-order valence-electron chi connectivity index (χ0n) is 17.3. The van der Waals surface area contributed by atoms with Gasteiger partial charge in [0.25, 0.3) is 0 Å². The third kappa shape index (κ3) is 10.6. The normalized spacial score (nSPS) is 14.5. The Kier molecular flexibility index (Phi) is 12.7. The van der Waals surface area contributed by atoms with Gasteiger partial charge in [-0.2, -0.15) is 0 Å². The highest BCUT2D eigenvalue weighted by Gasteiger charge is 2.28. The van der Waals surface area contributed by atoms with Gasteiger partial charge in [-0.15, -0.1) is 0 Å². The molecular formula is C17H33N7O6. The fraction of sp³-hybridized carbons (Fsp3) is 0.706. The van der Waals surface area contributed by atoms with Crippen LogP contribution in [0.25, 0.3) is 0 Å². The molecule has 0 aromatic carbocycles. The van der Waals surface area contributed by atoms with Crippen LogP contribution in [-0.4, -0.2) is 77.7 Å². The minimum Gasteiger partial charge on any atom is -0.480 e. The van der Waals surface area contributed by atoms with Crippen molar-refractivity contribution in [2.24, 2.45) is 28.1 Å². The maximum atomic E-state index is 12.4. The highest BCUT2D eigenvalue weighted by molar-refractivity contribution is 5.92. The van der Waals surface area contributed by atoms with Crippen molar-refractivity contribution in [3.05, 3.63) is 0 Å². The average molecular weight is 431 g/mol. The number of nitrogens with zero attached hydrogens (tertiary/aromatic N) is 1. The van der Waals surface area contributed by atoms with Crippen LogP contribution in [0.1, 0.15) is 33.1 Å². The summed E-state index contributed by atoms with van der Waals surface area (Å²) in [5.41, 5.74) is 15.8. The summed E-state index contributed by atoms with van der Waals surface area (Å²) < 4.78 is 0. The van der Waals surface area contributed by atoms with E-state index in [1.165, 1.54) is 0 Å². The Labute approximate surface area is 174 Å². The molecule has 4 unspecified atom stereocenters. The Morgan fingerprint density at radius 2 is 1.73 bits per heavy atom. The molecule has 13 heteroatoms. The van der Waals surface area contributed by atoms with Crippen molar-refractivity contribution >= 4 is 29.7 Å². The van der Waals surface area contributed by atoms with Gasteiger partial charge in [-0.1, -0.05) is 20.3 Å². The maximum absolute atomic E-state index is 12.4. The zero-order chi connectivity index (χ0) is 23.3. The van der Waals surface area contributed by atoms with E-state index in [1.54, 1.807) is 6.92 Å². The summed E-state index contributed by atoms with van der Waals surface area (Å²) >= 11 is 0. The second-order valence-corrected chi connectivity index (χ2v) is 6.79. The number of carbonyl (C=O) groups excluding carboxylic acids is 3. The monoisotopic (exact) mass is 431 g/mol. The average Bonchev–Trinajstić information content (AvgIpc) is 2.70. The van der Waals surface area contributed by atoms with Crippen LogP contribution >= 0.6 is 0 Å². The summed E-state index contributed by atoms with van der Waals surface area (Å²) in [5, 5.41) is 25.3. The Bertz CT molecular complexity index is 624. The van der Waals surface area contributed by atoms with Crippen molar-refractivity contribution in [3.8, 4) is 0 Å². The van der Waals surface area contributed by atoms with Gasteiger partial charge in [0.1, 0.15) is 18.1 Å². The van der Waals surface area contributed by atoms with Gasteiger partial charge in [0.2, 0.25) is 17.7 Å². The van der Waals surface area contributed by atoms with Crippen molar-refractivity contribution < 1.29 is 29.4 Å². The molecule has 0 aliphatic carbocycles. The van der Waals surface area contributed by atoms with Gasteiger partial charge < -0.3 is 43.4 Å². The van der Waals surface area contributed by atoms with E-state index >= 15 is 0 Å². The molecule has 30 heavy (non-hydrogen) atoms. The first-order chi connectivity index (χ1) is 14.0. The molecule has 0 aromatic rings. The Morgan fingerprint density at radius 1 is 1.10 bits per heavy atom. The topological polar surface area (TPSA) is 235 Å². The van der Waals surface area contributed by atoms with E-state index in [-0.39, 0.29) is 24.8 Å². The van der Waals surface area contributed by atoms with E-state index in [4.69, 9.17) is 22.3 Å². The van der Waals surface area contributed by atoms with E-state index < -0.39 is 55.0 Å². The number of hydrogen-bond acceptors (Lipinski definition) is 7. The van der Waals surface area contributed by atoms with E-state index in [2.05, 4.69) is 20.9 Å². The number of rotatable bonds is 14. The Hall–Kier alpha value is -2.93. The number of carboxylic acid groups (broad SMARTS) is 1. The quantitative estimate of drug-likeness (QED) is 0.0775. The molecule has 172 valence electrons. The van der Waals surface area contributed by atoms with Crippen LogP contribution in [0.3, 0.4) is 0 Å². The van der Waals surface area contributed by atoms with Crippen LogP contribution in [0.15, 0.2) is 4.99 Å². The summed E-state index contributed by atoms with van der Waals surface area (Å²) in [5.74, 6) is -3.66. The lowest BCUT2D eigenvalue weighted by molar-refractivity contribution is -0.142. The molecular weight excluding hydrogens is 398 g/mol. The Balaban J connectivity index is 4.76. The van der Waals surface area contributed by atoms with E-state index in [1.807, 2.05) is 6.92 Å². The zero-order valence-corrected chi connectivity index (χ0v) is 17.3. The standard InChI is InChI=1S/C17H33N7O6/c1-3-9(2)13(24-14(27)10(18)8-25)15(28)22-7-12(26)23-11(16(29)30)5-4-6-21-17(19)20/h9-11,13,25H,3-8,18H2,1-2H3,(H,22,28)(H,23,26)(H,24,27)(H,29,30)(H4,19,20,21). The molecule has 0 radical (unpaired) electrons. The number of amides is 3. The Morgan fingerprint density at radius 3 is 2.23 bits per heavy atom. The van der Waals surface area contributed by atoms with E-state index in [0.29, 0.717) is 12.8 Å². The summed E-state index contributed by atoms with van der Waals surface area (Å²) in [6, 6.07) is -3.32. The molecule has 0 aliphatic heterocycles. The molecule has 0 saturated heterocycles. The number of carbonyl (C=O) groups is 4.